The number of rotatable bonds is 10. The second-order valence-corrected chi connectivity index (χ2v) is 9.00. The zero-order valence-electron chi connectivity index (χ0n) is 15.8. The second-order valence-electron chi connectivity index (χ2n) is 6.61. The smallest absolute Gasteiger partial charge is 0.335 e. The van der Waals surface area contributed by atoms with E-state index in [4.69, 9.17) is 9.84 Å². The normalized spacial score (nSPS) is 12.4. The Morgan fingerprint density at radius 3 is 2.43 bits per heavy atom. The highest BCUT2D eigenvalue weighted by molar-refractivity contribution is 7.64. The van der Waals surface area contributed by atoms with Crippen LogP contribution < -0.4 is 10.1 Å². The van der Waals surface area contributed by atoms with Crippen molar-refractivity contribution in [1.29, 1.82) is 0 Å². The maximum absolute atomic E-state index is 12.2. The summed E-state index contributed by atoms with van der Waals surface area (Å²) >= 11 is 0. The topological polar surface area (TPSA) is 116 Å². The minimum atomic E-state index is -3.41. The monoisotopic (exact) mass is 406 g/mol. The van der Waals surface area contributed by atoms with Crippen molar-refractivity contribution in [2.45, 2.75) is 19.1 Å². The van der Waals surface area contributed by atoms with Crippen LogP contribution in [0.15, 0.2) is 48.5 Å². The molecule has 0 unspecified atom stereocenters. The molecule has 0 saturated heterocycles. The molecule has 0 radical (unpaired) electrons. The summed E-state index contributed by atoms with van der Waals surface area (Å²) in [5, 5.41) is 12.1. The van der Waals surface area contributed by atoms with Gasteiger partial charge in [-0.25, -0.2) is 14.6 Å². The Bertz CT molecular complexity index is 822. The van der Waals surface area contributed by atoms with Crippen molar-refractivity contribution in [3.05, 3.63) is 65.2 Å². The Labute approximate surface area is 164 Å². The lowest BCUT2D eigenvalue weighted by Gasteiger charge is -2.16. The summed E-state index contributed by atoms with van der Waals surface area (Å²) in [6.45, 7) is 1.77. The van der Waals surface area contributed by atoms with Crippen LogP contribution in [-0.2, 0) is 11.0 Å². The van der Waals surface area contributed by atoms with Crippen molar-refractivity contribution in [3.63, 3.8) is 0 Å². The molecule has 0 aliphatic carbocycles. The Balaban J connectivity index is 1.87. The molecule has 4 N–H and O–H groups in total. The van der Waals surface area contributed by atoms with Gasteiger partial charge < -0.3 is 15.2 Å². The largest absolute Gasteiger partial charge is 0.497 e. The zero-order chi connectivity index (χ0) is 20.7. The molecule has 8 heteroatoms. The van der Waals surface area contributed by atoms with Gasteiger partial charge in [0.2, 0.25) is 0 Å². The minimum Gasteiger partial charge on any atom is -0.497 e. The van der Waals surface area contributed by atoms with E-state index in [0.717, 1.165) is 11.1 Å². The van der Waals surface area contributed by atoms with Gasteiger partial charge in [0.05, 0.1) is 19.2 Å². The van der Waals surface area contributed by atoms with Crippen LogP contribution in [0.1, 0.15) is 34.5 Å². The van der Waals surface area contributed by atoms with Crippen molar-refractivity contribution in [2.24, 2.45) is 0 Å². The molecular weight excluding hydrogens is 381 g/mol. The summed E-state index contributed by atoms with van der Waals surface area (Å²) in [7, 11) is -1.85. The molecule has 0 aromatic heterocycles. The van der Waals surface area contributed by atoms with E-state index in [1.807, 2.05) is 6.92 Å². The Morgan fingerprint density at radius 2 is 1.82 bits per heavy atom. The number of carboxylic acids is 1. The van der Waals surface area contributed by atoms with Crippen molar-refractivity contribution in [1.82, 2.24) is 5.32 Å². The van der Waals surface area contributed by atoms with Gasteiger partial charge in [0.25, 0.3) is 7.72 Å². The molecule has 0 fully saturated rings. The van der Waals surface area contributed by atoms with Gasteiger partial charge in [-0.2, -0.15) is 0 Å². The molecular formula is C20H25NO6P+. The summed E-state index contributed by atoms with van der Waals surface area (Å²) in [6, 6.07) is 13.1. The molecule has 0 aliphatic rings. The van der Waals surface area contributed by atoms with Crippen LogP contribution in [0.2, 0.25) is 0 Å². The highest BCUT2D eigenvalue weighted by Crippen LogP contribution is 2.53. The first-order valence-electron chi connectivity index (χ1n) is 8.74. The highest BCUT2D eigenvalue weighted by Gasteiger charge is 2.36. The van der Waals surface area contributed by atoms with Crippen molar-refractivity contribution < 1.29 is 29.2 Å². The number of hydrogen-bond acceptors (Lipinski definition) is 6. The SMILES string of the molecule is COc1ccc(C[P+](O)(O)CC(=O)CN[C@H](C)c2cccc(C(=O)O)c2)cc1. The first-order chi connectivity index (χ1) is 13.2. The number of carboxylic acid groups (broad SMARTS) is 1. The zero-order valence-corrected chi connectivity index (χ0v) is 16.7. The minimum absolute atomic E-state index is 0.0267. The van der Waals surface area contributed by atoms with E-state index in [-0.39, 0.29) is 36.3 Å². The number of methoxy groups -OCH3 is 1. The number of nitrogens with one attached hydrogen (secondary N) is 1. The number of ketones is 1. The predicted molar refractivity (Wildman–Crippen MR) is 108 cm³/mol. The molecule has 2 aromatic rings. The average Bonchev–Trinajstić information content (AvgIpc) is 2.66. The van der Waals surface area contributed by atoms with E-state index in [1.165, 1.54) is 6.07 Å². The van der Waals surface area contributed by atoms with Gasteiger partial charge in [-0.1, -0.05) is 24.3 Å². The van der Waals surface area contributed by atoms with E-state index < -0.39 is 13.7 Å². The van der Waals surface area contributed by atoms with Crippen LogP contribution in [-0.4, -0.2) is 46.5 Å². The maximum atomic E-state index is 12.2. The Kier molecular flexibility index (Phi) is 7.66. The molecule has 150 valence electrons. The summed E-state index contributed by atoms with van der Waals surface area (Å²) in [5.41, 5.74) is 1.63. The third kappa shape index (κ3) is 6.69. The summed E-state index contributed by atoms with van der Waals surface area (Å²) in [6.07, 6.45) is -0.285. The van der Waals surface area contributed by atoms with E-state index in [0.29, 0.717) is 5.75 Å². The fraction of sp³-hybridized carbons (Fsp3) is 0.300. The lowest BCUT2D eigenvalue weighted by atomic mass is 10.1. The van der Waals surface area contributed by atoms with E-state index in [1.54, 1.807) is 49.6 Å². The van der Waals surface area contributed by atoms with Gasteiger partial charge in [-0.05, 0) is 42.3 Å². The standard InChI is InChI=1S/C20H24NO6P/c1-14(16-4-3-5-17(10-16)20(23)24)21-11-18(22)13-28(25,26)12-15-6-8-19(27-2)9-7-15/h3-10,14,21,25-26H,11-13H2,1-2H3/p+1/t14-/m1/s1. The van der Waals surface area contributed by atoms with Gasteiger partial charge in [-0.15, -0.1) is 0 Å². The first-order valence-corrected chi connectivity index (χ1v) is 10.8. The number of carbonyl (C=O) groups excluding carboxylic acids is 1. The third-order valence-corrected chi connectivity index (χ3v) is 5.99. The lowest BCUT2D eigenvalue weighted by molar-refractivity contribution is -0.116. The van der Waals surface area contributed by atoms with Crippen molar-refractivity contribution in [3.8, 4) is 5.75 Å². The summed E-state index contributed by atoms with van der Waals surface area (Å²) in [4.78, 5) is 43.8. The van der Waals surface area contributed by atoms with Gasteiger partial charge in [0.1, 0.15) is 11.9 Å². The molecule has 2 rings (SSSR count). The quantitative estimate of drug-likeness (QED) is 0.448. The second kappa shape index (κ2) is 9.75. The van der Waals surface area contributed by atoms with Crippen LogP contribution >= 0.6 is 7.72 Å². The van der Waals surface area contributed by atoms with Gasteiger partial charge in [0.15, 0.2) is 11.9 Å². The lowest BCUT2D eigenvalue weighted by Crippen LogP contribution is -2.28. The Morgan fingerprint density at radius 1 is 1.14 bits per heavy atom. The number of aromatic carboxylic acids is 1. The molecule has 2 aromatic carbocycles. The molecule has 0 heterocycles. The number of benzene rings is 2. The van der Waals surface area contributed by atoms with Crippen molar-refractivity contribution in [2.75, 3.05) is 19.8 Å². The first kappa shape index (κ1) is 22.0. The number of ether oxygens (including phenoxy) is 1. The van der Waals surface area contributed by atoms with Crippen LogP contribution in [0, 0.1) is 0 Å². The van der Waals surface area contributed by atoms with Crippen LogP contribution in [0.25, 0.3) is 0 Å². The van der Waals surface area contributed by atoms with Crippen LogP contribution in [0.3, 0.4) is 0 Å². The molecule has 0 amide bonds. The molecule has 1 atom stereocenters. The van der Waals surface area contributed by atoms with Gasteiger partial charge in [-0.3, -0.25) is 4.79 Å². The molecule has 7 nitrogen and oxygen atoms in total. The third-order valence-electron chi connectivity index (χ3n) is 4.26. The molecule has 0 spiro atoms. The number of hydrogen-bond donors (Lipinski definition) is 4. The Hall–Kier alpha value is -2.31. The van der Waals surface area contributed by atoms with Crippen LogP contribution in [0.5, 0.6) is 5.75 Å². The summed E-state index contributed by atoms with van der Waals surface area (Å²) < 4.78 is 5.06. The van der Waals surface area contributed by atoms with Gasteiger partial charge in [0, 0.05) is 6.04 Å². The summed E-state index contributed by atoms with van der Waals surface area (Å²) in [5.74, 6) is -0.656. The molecule has 0 bridgehead atoms. The maximum Gasteiger partial charge on any atom is 0.335 e. The van der Waals surface area contributed by atoms with Gasteiger partial charge >= 0.3 is 5.97 Å². The van der Waals surface area contributed by atoms with E-state index >= 15 is 0 Å². The van der Waals surface area contributed by atoms with E-state index in [2.05, 4.69) is 5.32 Å². The van der Waals surface area contributed by atoms with Crippen LogP contribution in [0.4, 0.5) is 0 Å². The average molecular weight is 406 g/mol. The molecule has 0 saturated carbocycles. The van der Waals surface area contributed by atoms with Crippen molar-refractivity contribution >= 4 is 19.5 Å². The van der Waals surface area contributed by atoms with E-state index in [9.17, 15) is 19.4 Å². The fourth-order valence-corrected chi connectivity index (χ4v) is 4.33. The fourth-order valence-electron chi connectivity index (χ4n) is 2.74. The predicted octanol–water partition coefficient (Wildman–Crippen LogP) is 2.65. The molecule has 28 heavy (non-hydrogen) atoms. The molecule has 0 aliphatic heterocycles. The number of carbonyl (C=O) groups is 2. The number of Topliss-reactive ketones (excluding diaryl/α,β-unsaturated/α-hetero) is 1. The highest BCUT2D eigenvalue weighted by atomic mass is 31.2.